The fourth-order valence-electron chi connectivity index (χ4n) is 2.03. The van der Waals surface area contributed by atoms with Gasteiger partial charge in [0, 0.05) is 13.5 Å². The molecule has 7 nitrogen and oxygen atoms in total. The van der Waals surface area contributed by atoms with Gasteiger partial charge in [0.15, 0.2) is 11.0 Å². The smallest absolute Gasteiger partial charge is 0.226 e. The van der Waals surface area contributed by atoms with Crippen molar-refractivity contribution in [3.63, 3.8) is 0 Å². The lowest BCUT2D eigenvalue weighted by Crippen LogP contribution is -2.00. The van der Waals surface area contributed by atoms with Gasteiger partial charge in [0.2, 0.25) is 11.8 Å². The summed E-state index contributed by atoms with van der Waals surface area (Å²) in [7, 11) is 0. The highest BCUT2D eigenvalue weighted by atomic mass is 32.2. The van der Waals surface area contributed by atoms with Crippen molar-refractivity contribution in [2.24, 2.45) is 0 Å². The predicted octanol–water partition coefficient (Wildman–Crippen LogP) is 3.02. The number of aromatic nitrogens is 5. The van der Waals surface area contributed by atoms with Crippen LogP contribution in [0.15, 0.2) is 39.0 Å². The summed E-state index contributed by atoms with van der Waals surface area (Å²) in [6.07, 6.45) is 3.45. The molecule has 0 spiro atoms. The van der Waals surface area contributed by atoms with E-state index in [0.717, 1.165) is 22.3 Å². The van der Waals surface area contributed by atoms with E-state index in [1.807, 2.05) is 23.6 Å². The van der Waals surface area contributed by atoms with E-state index in [1.165, 1.54) is 11.8 Å². The molecule has 22 heavy (non-hydrogen) atoms. The lowest BCUT2D eigenvalue weighted by molar-refractivity contribution is 0.485. The molecule has 0 N–H and O–H groups in total. The van der Waals surface area contributed by atoms with Gasteiger partial charge in [0.25, 0.3) is 0 Å². The molecule has 0 aliphatic carbocycles. The summed E-state index contributed by atoms with van der Waals surface area (Å²) < 4.78 is 12.7. The van der Waals surface area contributed by atoms with Crippen LogP contribution in [0, 0.1) is 13.8 Å². The second-order valence-electron chi connectivity index (χ2n) is 4.60. The monoisotopic (exact) mass is 317 g/mol. The summed E-state index contributed by atoms with van der Waals surface area (Å²) in [5, 5.41) is 17.1. The normalized spacial score (nSPS) is 11.0. The van der Waals surface area contributed by atoms with Gasteiger partial charge in [-0.25, -0.2) is 0 Å². The number of nitrogens with zero attached hydrogens (tertiary/aromatic N) is 5. The van der Waals surface area contributed by atoms with Crippen LogP contribution in [0.1, 0.15) is 17.5 Å². The molecule has 8 heteroatoms. The van der Waals surface area contributed by atoms with Gasteiger partial charge in [-0.05, 0) is 13.0 Å². The average Bonchev–Trinajstić information content (AvgIpc) is 3.18. The first kappa shape index (κ1) is 14.6. The lowest BCUT2D eigenvalue weighted by atomic mass is 10.2. The van der Waals surface area contributed by atoms with Crippen molar-refractivity contribution >= 4 is 11.8 Å². The Hall–Kier alpha value is -2.35. The van der Waals surface area contributed by atoms with Crippen LogP contribution in [0.25, 0.3) is 11.4 Å². The molecule has 0 aromatic carbocycles. The summed E-state index contributed by atoms with van der Waals surface area (Å²) >= 11 is 1.49. The van der Waals surface area contributed by atoms with Gasteiger partial charge in [0.05, 0.1) is 17.6 Å². The Morgan fingerprint density at radius 3 is 2.77 bits per heavy atom. The first-order valence-corrected chi connectivity index (χ1v) is 7.68. The predicted molar refractivity (Wildman–Crippen MR) is 81.3 cm³/mol. The Bertz CT molecular complexity index is 789. The second-order valence-corrected chi connectivity index (χ2v) is 5.54. The summed E-state index contributed by atoms with van der Waals surface area (Å²) in [4.78, 5) is 0. The van der Waals surface area contributed by atoms with E-state index in [2.05, 4.69) is 27.0 Å². The quantitative estimate of drug-likeness (QED) is 0.510. The van der Waals surface area contributed by atoms with Crippen LogP contribution < -0.4 is 0 Å². The third-order valence-electron chi connectivity index (χ3n) is 3.02. The summed E-state index contributed by atoms with van der Waals surface area (Å²) in [6.45, 7) is 8.07. The molecule has 3 heterocycles. The molecule has 0 amide bonds. The number of allylic oxidation sites excluding steroid dienone is 1. The molecule has 0 saturated heterocycles. The Morgan fingerprint density at radius 1 is 1.27 bits per heavy atom. The van der Waals surface area contributed by atoms with Gasteiger partial charge in [0.1, 0.15) is 5.76 Å². The number of hydrogen-bond acceptors (Lipinski definition) is 7. The molecule has 0 bridgehead atoms. The molecule has 0 radical (unpaired) electrons. The zero-order valence-electron chi connectivity index (χ0n) is 12.3. The van der Waals surface area contributed by atoms with Crippen LogP contribution in [-0.2, 0) is 12.3 Å². The Morgan fingerprint density at radius 2 is 2.14 bits per heavy atom. The Balaban J connectivity index is 1.86. The second kappa shape index (κ2) is 6.18. The van der Waals surface area contributed by atoms with Crippen molar-refractivity contribution in [2.75, 3.05) is 0 Å². The Labute approximate surface area is 131 Å². The van der Waals surface area contributed by atoms with E-state index in [-0.39, 0.29) is 0 Å². The maximum atomic E-state index is 5.37. The number of hydrogen-bond donors (Lipinski definition) is 0. The highest BCUT2D eigenvalue weighted by molar-refractivity contribution is 7.98. The van der Waals surface area contributed by atoms with Crippen LogP contribution in [0.2, 0.25) is 0 Å². The van der Waals surface area contributed by atoms with E-state index in [4.69, 9.17) is 8.83 Å². The van der Waals surface area contributed by atoms with Crippen molar-refractivity contribution in [3.05, 3.63) is 42.5 Å². The van der Waals surface area contributed by atoms with Crippen molar-refractivity contribution in [1.82, 2.24) is 25.0 Å². The minimum atomic E-state index is 0.542. The lowest BCUT2D eigenvalue weighted by Gasteiger charge is -2.06. The van der Waals surface area contributed by atoms with Gasteiger partial charge in [-0.2, -0.15) is 0 Å². The van der Waals surface area contributed by atoms with Crippen molar-refractivity contribution < 1.29 is 8.83 Å². The van der Waals surface area contributed by atoms with Gasteiger partial charge >= 0.3 is 0 Å². The topological polar surface area (TPSA) is 82.8 Å². The highest BCUT2D eigenvalue weighted by Crippen LogP contribution is 2.28. The number of thioether (sulfide) groups is 1. The third kappa shape index (κ3) is 2.82. The minimum absolute atomic E-state index is 0.542. The standard InChI is InChI=1S/C14H15N5O2S/c1-4-6-19-13(11-5-7-20-9(11)2)17-18-14(19)22-8-12-16-15-10(3)21-12/h4-5,7H,1,6,8H2,2-3H3. The van der Waals surface area contributed by atoms with E-state index >= 15 is 0 Å². The molecule has 0 fully saturated rings. The van der Waals surface area contributed by atoms with Crippen LogP contribution >= 0.6 is 11.8 Å². The fourth-order valence-corrected chi connectivity index (χ4v) is 2.81. The molecule has 0 saturated carbocycles. The molecule has 3 rings (SSSR count). The van der Waals surface area contributed by atoms with E-state index in [9.17, 15) is 0 Å². The van der Waals surface area contributed by atoms with Gasteiger partial charge in [-0.3, -0.25) is 4.57 Å². The Kier molecular flexibility index (Phi) is 4.10. The van der Waals surface area contributed by atoms with Gasteiger partial charge in [-0.15, -0.1) is 27.0 Å². The van der Waals surface area contributed by atoms with Crippen molar-refractivity contribution in [2.45, 2.75) is 31.3 Å². The average molecular weight is 317 g/mol. The number of aryl methyl sites for hydroxylation is 2. The molecule has 3 aromatic rings. The first-order chi connectivity index (χ1) is 10.7. The fraction of sp³-hybridized carbons (Fsp3) is 0.286. The number of rotatable bonds is 6. The van der Waals surface area contributed by atoms with Gasteiger partial charge < -0.3 is 8.83 Å². The summed E-state index contributed by atoms with van der Waals surface area (Å²) in [5.74, 6) is 3.23. The van der Waals surface area contributed by atoms with E-state index in [1.54, 1.807) is 13.2 Å². The van der Waals surface area contributed by atoms with Crippen LogP contribution in [0.3, 0.4) is 0 Å². The molecular formula is C14H15N5O2S. The molecule has 0 unspecified atom stereocenters. The van der Waals surface area contributed by atoms with Crippen molar-refractivity contribution in [3.8, 4) is 11.4 Å². The van der Waals surface area contributed by atoms with E-state index < -0.39 is 0 Å². The van der Waals surface area contributed by atoms with Crippen LogP contribution in [0.4, 0.5) is 0 Å². The molecule has 114 valence electrons. The molecule has 0 aliphatic rings. The van der Waals surface area contributed by atoms with E-state index in [0.29, 0.717) is 24.1 Å². The highest BCUT2D eigenvalue weighted by Gasteiger charge is 2.17. The van der Waals surface area contributed by atoms with Crippen LogP contribution in [-0.4, -0.2) is 25.0 Å². The maximum absolute atomic E-state index is 5.37. The molecule has 0 atom stereocenters. The largest absolute Gasteiger partial charge is 0.469 e. The number of furan rings is 1. The summed E-state index contributed by atoms with van der Waals surface area (Å²) in [6, 6.07) is 1.88. The maximum Gasteiger partial charge on any atom is 0.226 e. The zero-order valence-corrected chi connectivity index (χ0v) is 13.1. The molecule has 0 aliphatic heterocycles. The minimum Gasteiger partial charge on any atom is -0.469 e. The van der Waals surface area contributed by atoms with Crippen molar-refractivity contribution in [1.29, 1.82) is 0 Å². The molecular weight excluding hydrogens is 302 g/mol. The van der Waals surface area contributed by atoms with Gasteiger partial charge in [-0.1, -0.05) is 17.8 Å². The third-order valence-corrected chi connectivity index (χ3v) is 3.97. The summed E-state index contributed by atoms with van der Waals surface area (Å²) in [5.41, 5.74) is 0.926. The zero-order chi connectivity index (χ0) is 15.5. The van der Waals surface area contributed by atoms with Crippen LogP contribution in [0.5, 0.6) is 0 Å². The first-order valence-electron chi connectivity index (χ1n) is 6.69. The SMILES string of the molecule is C=CCn1c(SCc2nnc(C)o2)nnc1-c1ccoc1C. The molecule has 3 aromatic heterocycles.